The van der Waals surface area contributed by atoms with Crippen LogP contribution in [0.2, 0.25) is 0 Å². The summed E-state index contributed by atoms with van der Waals surface area (Å²) in [5.41, 5.74) is 2.47. The van der Waals surface area contributed by atoms with Gasteiger partial charge in [0.1, 0.15) is 5.84 Å². The number of nitrogens with zero attached hydrogens (tertiary/aromatic N) is 1. The van der Waals surface area contributed by atoms with Gasteiger partial charge in [-0.15, -0.1) is 0 Å². The van der Waals surface area contributed by atoms with Crippen molar-refractivity contribution in [1.29, 1.82) is 5.41 Å². The molecule has 3 rings (SSSR count). The van der Waals surface area contributed by atoms with Gasteiger partial charge in [0.2, 0.25) is 0 Å². The average molecular weight is 214 g/mol. The largest absolute Gasteiger partial charge is 0.349 e. The highest BCUT2D eigenvalue weighted by Crippen LogP contribution is 2.42. The molecule has 2 aliphatic rings. The fourth-order valence-electron chi connectivity index (χ4n) is 2.88. The first-order valence-corrected chi connectivity index (χ1v) is 6.24. The van der Waals surface area contributed by atoms with E-state index in [1.54, 1.807) is 0 Å². The zero-order chi connectivity index (χ0) is 11.1. The van der Waals surface area contributed by atoms with Crippen LogP contribution in [-0.2, 0) is 6.54 Å². The van der Waals surface area contributed by atoms with Crippen LogP contribution in [0.25, 0.3) is 0 Å². The Balaban J connectivity index is 1.76. The van der Waals surface area contributed by atoms with Gasteiger partial charge in [0.25, 0.3) is 0 Å². The molecule has 0 bridgehead atoms. The molecule has 1 aromatic carbocycles. The van der Waals surface area contributed by atoms with Gasteiger partial charge in [-0.1, -0.05) is 37.6 Å². The van der Waals surface area contributed by atoms with Gasteiger partial charge in [-0.3, -0.25) is 5.41 Å². The smallest absolute Gasteiger partial charge is 0.128 e. The first kappa shape index (κ1) is 9.88. The van der Waals surface area contributed by atoms with Crippen molar-refractivity contribution in [2.45, 2.75) is 38.8 Å². The fourth-order valence-corrected chi connectivity index (χ4v) is 2.88. The Morgan fingerprint density at radius 3 is 2.94 bits per heavy atom. The molecular formula is C14H18N2. The van der Waals surface area contributed by atoms with E-state index in [4.69, 9.17) is 5.41 Å². The van der Waals surface area contributed by atoms with E-state index >= 15 is 0 Å². The third-order valence-corrected chi connectivity index (χ3v) is 3.85. The standard InChI is InChI=1S/C14H18N2/c1-2-5-10-8-13(10)16-9-11-6-3-4-7-12(11)14(16)15/h3-4,6-7,10,13,15H,2,5,8-9H2,1H3. The maximum Gasteiger partial charge on any atom is 0.128 e. The molecule has 2 heteroatoms. The third-order valence-electron chi connectivity index (χ3n) is 3.85. The van der Waals surface area contributed by atoms with E-state index in [9.17, 15) is 0 Å². The van der Waals surface area contributed by atoms with Crippen LogP contribution >= 0.6 is 0 Å². The van der Waals surface area contributed by atoms with Crippen LogP contribution in [0.4, 0.5) is 0 Å². The third kappa shape index (κ3) is 1.44. The average Bonchev–Trinajstić information content (AvgIpc) is 2.98. The van der Waals surface area contributed by atoms with Gasteiger partial charge < -0.3 is 4.90 Å². The molecule has 2 nitrogen and oxygen atoms in total. The van der Waals surface area contributed by atoms with E-state index in [0.29, 0.717) is 6.04 Å². The molecule has 0 radical (unpaired) electrons. The van der Waals surface area contributed by atoms with Crippen molar-refractivity contribution in [2.24, 2.45) is 5.92 Å². The maximum absolute atomic E-state index is 8.21. The molecule has 0 saturated heterocycles. The van der Waals surface area contributed by atoms with E-state index in [0.717, 1.165) is 23.9 Å². The number of rotatable bonds is 3. The summed E-state index contributed by atoms with van der Waals surface area (Å²) in [5, 5.41) is 8.21. The molecule has 0 aromatic heterocycles. The van der Waals surface area contributed by atoms with Gasteiger partial charge in [-0.2, -0.15) is 0 Å². The monoisotopic (exact) mass is 214 g/mol. The number of amidine groups is 1. The van der Waals surface area contributed by atoms with Gasteiger partial charge in [0.15, 0.2) is 0 Å². The second-order valence-corrected chi connectivity index (χ2v) is 4.99. The van der Waals surface area contributed by atoms with Crippen LogP contribution in [0.15, 0.2) is 24.3 Å². The van der Waals surface area contributed by atoms with Crippen LogP contribution in [0, 0.1) is 11.3 Å². The molecule has 0 amide bonds. The number of hydrogen-bond donors (Lipinski definition) is 1. The van der Waals surface area contributed by atoms with Crippen molar-refractivity contribution in [3.05, 3.63) is 35.4 Å². The lowest BCUT2D eigenvalue weighted by atomic mass is 10.1. The molecule has 1 saturated carbocycles. The number of nitrogens with one attached hydrogen (secondary N) is 1. The number of benzene rings is 1. The number of hydrogen-bond acceptors (Lipinski definition) is 1. The van der Waals surface area contributed by atoms with Crippen molar-refractivity contribution in [3.63, 3.8) is 0 Å². The minimum absolute atomic E-state index is 0.653. The molecule has 16 heavy (non-hydrogen) atoms. The van der Waals surface area contributed by atoms with Crippen molar-refractivity contribution < 1.29 is 0 Å². The summed E-state index contributed by atoms with van der Waals surface area (Å²) in [6, 6.07) is 9.00. The van der Waals surface area contributed by atoms with E-state index in [-0.39, 0.29) is 0 Å². The molecule has 1 fully saturated rings. The van der Waals surface area contributed by atoms with Crippen molar-refractivity contribution in [3.8, 4) is 0 Å². The highest BCUT2D eigenvalue weighted by atomic mass is 15.2. The summed E-state index contributed by atoms with van der Waals surface area (Å²) < 4.78 is 0. The first-order valence-electron chi connectivity index (χ1n) is 6.24. The molecule has 2 unspecified atom stereocenters. The maximum atomic E-state index is 8.21. The lowest BCUT2D eigenvalue weighted by Gasteiger charge is -2.17. The van der Waals surface area contributed by atoms with Gasteiger partial charge in [-0.25, -0.2) is 0 Å². The van der Waals surface area contributed by atoms with E-state index in [2.05, 4.69) is 30.0 Å². The van der Waals surface area contributed by atoms with Crippen LogP contribution in [0.5, 0.6) is 0 Å². The molecule has 1 aromatic rings. The summed E-state index contributed by atoms with van der Waals surface area (Å²) >= 11 is 0. The Kier molecular flexibility index (Phi) is 2.23. The Morgan fingerprint density at radius 2 is 2.19 bits per heavy atom. The highest BCUT2D eigenvalue weighted by molar-refractivity contribution is 6.00. The Morgan fingerprint density at radius 1 is 1.38 bits per heavy atom. The van der Waals surface area contributed by atoms with Gasteiger partial charge >= 0.3 is 0 Å². The summed E-state index contributed by atoms with van der Waals surface area (Å²) in [6.45, 7) is 3.21. The minimum atomic E-state index is 0.653. The lowest BCUT2D eigenvalue weighted by molar-refractivity contribution is 0.391. The number of fused-ring (bicyclic) bond motifs is 1. The molecule has 1 N–H and O–H groups in total. The normalized spacial score (nSPS) is 27.1. The first-order chi connectivity index (χ1) is 7.81. The molecule has 2 atom stereocenters. The molecular weight excluding hydrogens is 196 g/mol. The Labute approximate surface area is 96.8 Å². The lowest BCUT2D eigenvalue weighted by Crippen LogP contribution is -2.27. The topological polar surface area (TPSA) is 27.1 Å². The van der Waals surface area contributed by atoms with Crippen LogP contribution in [0.3, 0.4) is 0 Å². The summed E-state index contributed by atoms with van der Waals surface area (Å²) in [4.78, 5) is 2.30. The zero-order valence-electron chi connectivity index (χ0n) is 9.74. The van der Waals surface area contributed by atoms with Crippen molar-refractivity contribution >= 4 is 5.84 Å². The van der Waals surface area contributed by atoms with Gasteiger partial charge in [0.05, 0.1) is 0 Å². The summed E-state index contributed by atoms with van der Waals surface area (Å²) in [7, 11) is 0. The summed E-state index contributed by atoms with van der Waals surface area (Å²) in [6.07, 6.45) is 3.89. The molecule has 0 spiro atoms. The van der Waals surface area contributed by atoms with Crippen LogP contribution in [-0.4, -0.2) is 16.8 Å². The Hall–Kier alpha value is -1.31. The predicted octanol–water partition coefficient (Wildman–Crippen LogP) is 3.02. The molecule has 84 valence electrons. The van der Waals surface area contributed by atoms with Crippen LogP contribution < -0.4 is 0 Å². The van der Waals surface area contributed by atoms with Crippen molar-refractivity contribution in [2.75, 3.05) is 0 Å². The fraction of sp³-hybridized carbons (Fsp3) is 0.500. The van der Waals surface area contributed by atoms with Crippen molar-refractivity contribution in [1.82, 2.24) is 4.90 Å². The van der Waals surface area contributed by atoms with E-state index in [1.807, 2.05) is 6.07 Å². The second kappa shape index (κ2) is 3.62. The minimum Gasteiger partial charge on any atom is -0.349 e. The zero-order valence-corrected chi connectivity index (χ0v) is 9.74. The van der Waals surface area contributed by atoms with E-state index in [1.165, 1.54) is 24.8 Å². The van der Waals surface area contributed by atoms with Gasteiger partial charge in [0, 0.05) is 18.2 Å². The summed E-state index contributed by atoms with van der Waals surface area (Å²) in [5.74, 6) is 1.60. The van der Waals surface area contributed by atoms with Gasteiger partial charge in [-0.05, 0) is 24.3 Å². The quantitative estimate of drug-likeness (QED) is 0.822. The Bertz CT molecular complexity index is 424. The molecule has 1 aliphatic heterocycles. The SMILES string of the molecule is CCCC1CC1N1Cc2ccccc2C1=N. The van der Waals surface area contributed by atoms with Crippen LogP contribution in [0.1, 0.15) is 37.3 Å². The molecule has 1 heterocycles. The molecule has 1 aliphatic carbocycles. The van der Waals surface area contributed by atoms with E-state index < -0.39 is 0 Å². The highest BCUT2D eigenvalue weighted by Gasteiger charge is 2.44. The predicted molar refractivity (Wildman–Crippen MR) is 65.6 cm³/mol. The second-order valence-electron chi connectivity index (χ2n) is 4.99.